The highest BCUT2D eigenvalue weighted by atomic mass is 31.2. The Morgan fingerprint density at radius 3 is 2.11 bits per heavy atom. The van der Waals surface area contributed by atoms with Crippen molar-refractivity contribution >= 4 is 7.82 Å². The molecule has 1 atom stereocenters. The Morgan fingerprint density at radius 1 is 0.789 bits per heavy atom. The summed E-state index contributed by atoms with van der Waals surface area (Å²) in [6.07, 6.45) is 25.4. The minimum absolute atomic E-state index is 0.0358. The van der Waals surface area contributed by atoms with E-state index < -0.39 is 7.82 Å². The maximum absolute atomic E-state index is 12.0. The molecule has 0 spiro atoms. The topological polar surface area (TPSA) is 67.8 Å². The van der Waals surface area contributed by atoms with Crippen LogP contribution < -0.4 is 9.63 Å². The summed E-state index contributed by atoms with van der Waals surface area (Å²) >= 11 is 0. The number of hydrogen-bond acceptors (Lipinski definition) is 5. The van der Waals surface area contributed by atoms with Gasteiger partial charge in [-0.25, -0.2) is 0 Å². The zero-order valence-electron chi connectivity index (χ0n) is 24.3. The van der Waals surface area contributed by atoms with Gasteiger partial charge in [0, 0.05) is 0 Å². The molecule has 6 nitrogen and oxygen atoms in total. The number of benzene rings is 1. The van der Waals surface area contributed by atoms with Crippen molar-refractivity contribution in [3.05, 3.63) is 66.3 Å². The Bertz CT molecular complexity index is 860. The molecule has 0 aliphatic heterocycles. The summed E-state index contributed by atoms with van der Waals surface area (Å²) in [5, 5.41) is 0. The van der Waals surface area contributed by atoms with Crippen LogP contribution in [-0.4, -0.2) is 52.0 Å². The predicted molar refractivity (Wildman–Crippen MR) is 157 cm³/mol. The van der Waals surface area contributed by atoms with E-state index in [1.807, 2.05) is 45.4 Å². The molecule has 0 amide bonds. The average molecular weight is 550 g/mol. The van der Waals surface area contributed by atoms with Crippen LogP contribution in [0.1, 0.15) is 76.7 Å². The molecule has 0 saturated heterocycles. The molecule has 1 aromatic rings. The average Bonchev–Trinajstić information content (AvgIpc) is 2.85. The molecule has 7 heteroatoms. The van der Waals surface area contributed by atoms with Gasteiger partial charge in [-0.15, -0.1) is 0 Å². The van der Waals surface area contributed by atoms with Crippen LogP contribution in [0.4, 0.5) is 0 Å². The van der Waals surface area contributed by atoms with Crippen LogP contribution in [0.3, 0.4) is 0 Å². The van der Waals surface area contributed by atoms with Crippen LogP contribution in [0.25, 0.3) is 0 Å². The highest BCUT2D eigenvalue weighted by Gasteiger charge is 2.14. The van der Waals surface area contributed by atoms with Crippen LogP contribution in [0.5, 0.6) is 5.75 Å². The van der Waals surface area contributed by atoms with Crippen molar-refractivity contribution in [2.75, 3.05) is 47.5 Å². The van der Waals surface area contributed by atoms with Crippen LogP contribution in [0, 0.1) is 0 Å². The summed E-state index contributed by atoms with van der Waals surface area (Å²) in [5.41, 5.74) is 0.940. The number of phosphoric acid groups is 1. The lowest BCUT2D eigenvalue weighted by molar-refractivity contribution is -0.870. The molecule has 0 radical (unpaired) electrons. The van der Waals surface area contributed by atoms with Crippen molar-refractivity contribution < 1.29 is 27.7 Å². The van der Waals surface area contributed by atoms with Crippen molar-refractivity contribution in [1.29, 1.82) is 0 Å². The summed E-state index contributed by atoms with van der Waals surface area (Å²) in [5.74, 6) is 0.793. The number of nitrogens with zero attached hydrogens (tertiary/aromatic N) is 1. The maximum atomic E-state index is 12.0. The van der Waals surface area contributed by atoms with Crippen molar-refractivity contribution in [2.24, 2.45) is 0 Å². The molecule has 1 unspecified atom stereocenters. The third kappa shape index (κ3) is 20.3. The van der Waals surface area contributed by atoms with Crippen LogP contribution in [0.15, 0.2) is 60.7 Å². The maximum Gasteiger partial charge on any atom is 0.268 e. The summed E-state index contributed by atoms with van der Waals surface area (Å²) < 4.78 is 28.6. The highest BCUT2D eigenvalue weighted by Crippen LogP contribution is 2.38. The van der Waals surface area contributed by atoms with Crippen molar-refractivity contribution in [2.45, 2.75) is 77.6 Å². The monoisotopic (exact) mass is 549 g/mol. The van der Waals surface area contributed by atoms with Gasteiger partial charge in [0.15, 0.2) is 0 Å². The molecule has 0 fully saturated rings. The SMILES string of the molecule is CC/C=C\C/C=C\C/C=C\CCCCCCCCOc1ccccc1CCOP(=O)([O-])OCC[N+](C)(C)C. The smallest absolute Gasteiger partial charge is 0.268 e. The fraction of sp³-hybridized carbons (Fsp3) is 0.613. The van der Waals surface area contributed by atoms with Crippen molar-refractivity contribution in [3.8, 4) is 5.75 Å². The predicted octanol–water partition coefficient (Wildman–Crippen LogP) is 7.41. The second-order valence-corrected chi connectivity index (χ2v) is 11.9. The lowest BCUT2D eigenvalue weighted by Crippen LogP contribution is -2.37. The van der Waals surface area contributed by atoms with E-state index in [-0.39, 0.29) is 13.2 Å². The first kappa shape index (κ1) is 34.3. The van der Waals surface area contributed by atoms with Gasteiger partial charge < -0.3 is 23.2 Å². The number of hydrogen-bond donors (Lipinski definition) is 0. The largest absolute Gasteiger partial charge is 0.756 e. The zero-order valence-corrected chi connectivity index (χ0v) is 25.2. The Labute approximate surface area is 232 Å². The van der Waals surface area contributed by atoms with Gasteiger partial charge in [-0.05, 0) is 56.6 Å². The first-order valence-electron chi connectivity index (χ1n) is 14.3. The molecule has 0 aliphatic rings. The third-order valence-corrected chi connectivity index (χ3v) is 6.91. The van der Waals surface area contributed by atoms with E-state index in [9.17, 15) is 9.46 Å². The Hall–Kier alpha value is -1.69. The van der Waals surface area contributed by atoms with E-state index in [0.29, 0.717) is 24.1 Å². The number of likely N-dealkylation sites (N-methyl/N-ethyl adjacent to an activating group) is 1. The molecule has 0 aliphatic carbocycles. The van der Waals surface area contributed by atoms with E-state index in [1.54, 1.807) is 0 Å². The Kier molecular flexibility index (Phi) is 19.1. The van der Waals surface area contributed by atoms with Gasteiger partial charge in [-0.2, -0.15) is 0 Å². The summed E-state index contributed by atoms with van der Waals surface area (Å²) in [6.45, 7) is 3.55. The number of quaternary nitrogens is 1. The Morgan fingerprint density at radius 2 is 1.39 bits per heavy atom. The van der Waals surface area contributed by atoms with Crippen LogP contribution in [0.2, 0.25) is 0 Å². The zero-order chi connectivity index (χ0) is 28.0. The molecule has 38 heavy (non-hydrogen) atoms. The molecular weight excluding hydrogens is 497 g/mol. The number of ether oxygens (including phenoxy) is 1. The molecule has 216 valence electrons. The van der Waals surface area contributed by atoms with Gasteiger partial charge in [0.25, 0.3) is 7.82 Å². The van der Waals surface area contributed by atoms with E-state index in [4.69, 9.17) is 13.8 Å². The number of para-hydroxylation sites is 1. The third-order valence-electron chi connectivity index (χ3n) is 5.91. The number of allylic oxidation sites excluding steroid dienone is 6. The second kappa shape index (κ2) is 21.2. The van der Waals surface area contributed by atoms with E-state index in [1.165, 1.54) is 25.7 Å². The van der Waals surface area contributed by atoms with Crippen LogP contribution >= 0.6 is 7.82 Å². The molecule has 0 N–H and O–H groups in total. The lowest BCUT2D eigenvalue weighted by Gasteiger charge is -2.27. The Balaban J connectivity index is 2.11. The van der Waals surface area contributed by atoms with Crippen molar-refractivity contribution in [3.63, 3.8) is 0 Å². The standard InChI is InChI=1S/C31H52NO5P/c1-5-6-7-8-9-10-11-12-13-14-15-16-17-18-19-22-27-35-31-24-21-20-23-30(31)25-28-36-38(33,34)37-29-26-32(2,3)4/h6-7,9-10,12-13,20-21,23-24H,5,8,11,14-19,22,25-29H2,1-4H3/b7-6-,10-9-,13-12-. The van der Waals surface area contributed by atoms with Gasteiger partial charge in [-0.1, -0.05) is 87.3 Å². The normalized spacial score (nSPS) is 14.1. The van der Waals surface area contributed by atoms with Gasteiger partial charge in [-0.3, -0.25) is 4.57 Å². The number of unbranched alkanes of at least 4 members (excludes halogenated alkanes) is 6. The fourth-order valence-corrected chi connectivity index (χ4v) is 4.36. The minimum atomic E-state index is -4.30. The fourth-order valence-electron chi connectivity index (χ4n) is 3.66. The molecule has 0 bridgehead atoms. The molecular formula is C31H52NO5P. The van der Waals surface area contributed by atoms with Gasteiger partial charge >= 0.3 is 0 Å². The van der Waals surface area contributed by atoms with E-state index >= 15 is 0 Å². The van der Waals surface area contributed by atoms with Crippen LogP contribution in [-0.2, 0) is 20.0 Å². The first-order chi connectivity index (χ1) is 18.2. The van der Waals surface area contributed by atoms with Gasteiger partial charge in [0.2, 0.25) is 0 Å². The quantitative estimate of drug-likeness (QED) is 0.0616. The minimum Gasteiger partial charge on any atom is -0.756 e. The number of phosphoric ester groups is 1. The summed E-state index contributed by atoms with van der Waals surface area (Å²) in [7, 11) is 1.64. The second-order valence-electron chi connectivity index (χ2n) is 10.5. The summed E-state index contributed by atoms with van der Waals surface area (Å²) in [4.78, 5) is 12.0. The van der Waals surface area contributed by atoms with Gasteiger partial charge in [0.1, 0.15) is 18.9 Å². The molecule has 0 aromatic heterocycles. The van der Waals surface area contributed by atoms with Gasteiger partial charge in [0.05, 0.1) is 34.4 Å². The molecule has 0 heterocycles. The molecule has 1 rings (SSSR count). The molecule has 1 aromatic carbocycles. The molecule has 0 saturated carbocycles. The number of rotatable bonds is 23. The van der Waals surface area contributed by atoms with Crippen molar-refractivity contribution in [1.82, 2.24) is 0 Å². The lowest BCUT2D eigenvalue weighted by atomic mass is 10.1. The van der Waals surface area contributed by atoms with E-state index in [2.05, 4.69) is 43.4 Å². The van der Waals surface area contributed by atoms with E-state index in [0.717, 1.165) is 49.8 Å². The summed E-state index contributed by atoms with van der Waals surface area (Å²) in [6, 6.07) is 7.73. The highest BCUT2D eigenvalue weighted by molar-refractivity contribution is 7.45. The first-order valence-corrected chi connectivity index (χ1v) is 15.8.